The Bertz CT molecular complexity index is 641. The minimum absolute atomic E-state index is 0.0244. The lowest BCUT2D eigenvalue weighted by molar-refractivity contribution is 0.0706. The molecule has 2 heterocycles. The first kappa shape index (κ1) is 12.7. The highest BCUT2D eigenvalue weighted by Gasteiger charge is 2.23. The first-order chi connectivity index (χ1) is 9.15. The van der Waals surface area contributed by atoms with Crippen molar-refractivity contribution in [2.24, 2.45) is 0 Å². The first-order valence-corrected chi connectivity index (χ1v) is 7.06. The molecule has 1 aliphatic rings. The highest BCUT2D eigenvalue weighted by atomic mass is 79.9. The maximum atomic E-state index is 12.5. The van der Waals surface area contributed by atoms with Crippen molar-refractivity contribution in [2.45, 2.75) is 13.1 Å². The molecule has 19 heavy (non-hydrogen) atoms. The fraction of sp³-hybridized carbons (Fsp3) is 0.231. The molecule has 1 aromatic heterocycles. The van der Waals surface area contributed by atoms with Crippen molar-refractivity contribution in [3.05, 3.63) is 51.5 Å². The average Bonchev–Trinajstić information content (AvgIpc) is 2.88. The molecule has 0 radical (unpaired) electrons. The van der Waals surface area contributed by atoms with Gasteiger partial charge in [-0.3, -0.25) is 4.79 Å². The van der Waals surface area contributed by atoms with Crippen LogP contribution in [0.1, 0.15) is 16.2 Å². The molecule has 3 rings (SSSR count). The Hall–Kier alpha value is -1.33. The van der Waals surface area contributed by atoms with E-state index >= 15 is 0 Å². The van der Waals surface area contributed by atoms with Crippen LogP contribution in [0.5, 0.6) is 0 Å². The molecule has 0 atom stereocenters. The van der Waals surface area contributed by atoms with Gasteiger partial charge in [0.2, 0.25) is 0 Å². The van der Waals surface area contributed by atoms with Crippen LogP contribution in [0.3, 0.4) is 0 Å². The van der Waals surface area contributed by atoms with Gasteiger partial charge in [0.05, 0.1) is 12.1 Å². The molecule has 0 spiro atoms. The third-order valence-electron chi connectivity index (χ3n) is 3.19. The number of benzene rings is 1. The molecule has 1 amide bonds. The SMILES string of the molecule is O=C(c1cc(Cl)ccc1Br)N1CCn2ccnc2C1. The molecule has 0 N–H and O–H groups in total. The number of hydrogen-bond acceptors (Lipinski definition) is 2. The molecular weight excluding hydrogens is 330 g/mol. The van der Waals surface area contributed by atoms with Crippen molar-refractivity contribution in [1.29, 1.82) is 0 Å². The summed E-state index contributed by atoms with van der Waals surface area (Å²) < 4.78 is 2.83. The summed E-state index contributed by atoms with van der Waals surface area (Å²) in [6.07, 6.45) is 3.70. The second kappa shape index (κ2) is 4.98. The van der Waals surface area contributed by atoms with Crippen LogP contribution in [-0.4, -0.2) is 26.9 Å². The average molecular weight is 341 g/mol. The number of rotatable bonds is 1. The third-order valence-corrected chi connectivity index (χ3v) is 4.12. The van der Waals surface area contributed by atoms with Gasteiger partial charge in [-0.25, -0.2) is 4.98 Å². The van der Waals surface area contributed by atoms with Gasteiger partial charge in [0.15, 0.2) is 0 Å². The van der Waals surface area contributed by atoms with Gasteiger partial charge < -0.3 is 9.47 Å². The van der Waals surface area contributed by atoms with Crippen molar-refractivity contribution >= 4 is 33.4 Å². The number of carbonyl (C=O) groups is 1. The monoisotopic (exact) mass is 339 g/mol. The molecule has 0 saturated heterocycles. The van der Waals surface area contributed by atoms with Gasteiger partial charge in [0.1, 0.15) is 5.82 Å². The molecular formula is C13H11BrClN3O. The van der Waals surface area contributed by atoms with Gasteiger partial charge in [0.25, 0.3) is 5.91 Å². The molecule has 98 valence electrons. The Morgan fingerprint density at radius 2 is 2.21 bits per heavy atom. The van der Waals surface area contributed by atoms with E-state index in [9.17, 15) is 4.79 Å². The number of halogens is 2. The van der Waals surface area contributed by atoms with Crippen LogP contribution in [0.15, 0.2) is 35.1 Å². The van der Waals surface area contributed by atoms with Crippen molar-refractivity contribution in [1.82, 2.24) is 14.5 Å². The van der Waals surface area contributed by atoms with Crippen molar-refractivity contribution < 1.29 is 4.79 Å². The summed E-state index contributed by atoms with van der Waals surface area (Å²) in [5.74, 6) is 0.890. The van der Waals surface area contributed by atoms with Crippen molar-refractivity contribution in [3.8, 4) is 0 Å². The Labute approximate surface area is 124 Å². The molecule has 0 saturated carbocycles. The van der Waals surface area contributed by atoms with E-state index < -0.39 is 0 Å². The quantitative estimate of drug-likeness (QED) is 0.800. The lowest BCUT2D eigenvalue weighted by Gasteiger charge is -2.28. The molecule has 0 fully saturated rings. The molecule has 1 aromatic carbocycles. The summed E-state index contributed by atoms with van der Waals surface area (Å²) in [5.41, 5.74) is 0.590. The maximum absolute atomic E-state index is 12.5. The van der Waals surface area contributed by atoms with Gasteiger partial charge in [-0.15, -0.1) is 0 Å². The summed E-state index contributed by atoms with van der Waals surface area (Å²) >= 11 is 9.35. The van der Waals surface area contributed by atoms with E-state index in [1.54, 1.807) is 29.3 Å². The predicted molar refractivity (Wildman–Crippen MR) is 76.1 cm³/mol. The lowest BCUT2D eigenvalue weighted by Crippen LogP contribution is -2.38. The van der Waals surface area contributed by atoms with E-state index in [4.69, 9.17) is 11.6 Å². The van der Waals surface area contributed by atoms with E-state index in [-0.39, 0.29) is 5.91 Å². The molecule has 1 aliphatic heterocycles. The second-order valence-electron chi connectivity index (χ2n) is 4.39. The number of carbonyl (C=O) groups excluding carboxylic acids is 1. The van der Waals surface area contributed by atoms with Crippen LogP contribution >= 0.6 is 27.5 Å². The number of fused-ring (bicyclic) bond motifs is 1. The van der Waals surface area contributed by atoms with Crippen LogP contribution < -0.4 is 0 Å². The number of imidazole rings is 1. The fourth-order valence-electron chi connectivity index (χ4n) is 2.18. The summed E-state index contributed by atoms with van der Waals surface area (Å²) in [4.78, 5) is 18.5. The van der Waals surface area contributed by atoms with E-state index in [1.165, 1.54) is 0 Å². The third kappa shape index (κ3) is 2.40. The zero-order valence-electron chi connectivity index (χ0n) is 10.0. The largest absolute Gasteiger partial charge is 0.332 e. The minimum Gasteiger partial charge on any atom is -0.332 e. The predicted octanol–water partition coefficient (Wildman–Crippen LogP) is 2.96. The zero-order chi connectivity index (χ0) is 13.4. The Morgan fingerprint density at radius 3 is 3.05 bits per heavy atom. The molecule has 0 aliphatic carbocycles. The van der Waals surface area contributed by atoms with E-state index in [2.05, 4.69) is 25.5 Å². The smallest absolute Gasteiger partial charge is 0.255 e. The van der Waals surface area contributed by atoms with Gasteiger partial charge in [0, 0.05) is 35.0 Å². The summed E-state index contributed by atoms with van der Waals surface area (Å²) in [6, 6.07) is 5.24. The van der Waals surface area contributed by atoms with Crippen LogP contribution in [0.25, 0.3) is 0 Å². The Balaban J connectivity index is 1.87. The summed E-state index contributed by atoms with van der Waals surface area (Å²) in [5, 5.41) is 0.560. The minimum atomic E-state index is -0.0244. The van der Waals surface area contributed by atoms with Gasteiger partial charge in [-0.05, 0) is 34.1 Å². The van der Waals surface area contributed by atoms with E-state index in [0.717, 1.165) is 16.8 Å². The van der Waals surface area contributed by atoms with Crippen molar-refractivity contribution in [2.75, 3.05) is 6.54 Å². The van der Waals surface area contributed by atoms with Gasteiger partial charge >= 0.3 is 0 Å². The second-order valence-corrected chi connectivity index (χ2v) is 5.68. The van der Waals surface area contributed by atoms with Gasteiger partial charge in [-0.1, -0.05) is 11.6 Å². The summed E-state index contributed by atoms with van der Waals surface area (Å²) in [7, 11) is 0. The maximum Gasteiger partial charge on any atom is 0.255 e. The number of amides is 1. The number of hydrogen-bond donors (Lipinski definition) is 0. The molecule has 0 unspecified atom stereocenters. The highest BCUT2D eigenvalue weighted by Crippen LogP contribution is 2.24. The first-order valence-electron chi connectivity index (χ1n) is 5.89. The zero-order valence-corrected chi connectivity index (χ0v) is 12.4. The lowest BCUT2D eigenvalue weighted by atomic mass is 10.2. The standard InChI is InChI=1S/C13H11BrClN3O/c14-11-2-1-9(15)7-10(11)13(19)18-6-5-17-4-3-16-12(17)8-18/h1-4,7H,5-6,8H2. The van der Waals surface area contributed by atoms with E-state index in [0.29, 0.717) is 23.7 Å². The number of nitrogens with zero attached hydrogens (tertiary/aromatic N) is 3. The fourth-order valence-corrected chi connectivity index (χ4v) is 2.77. The van der Waals surface area contributed by atoms with Crippen LogP contribution in [-0.2, 0) is 13.1 Å². The van der Waals surface area contributed by atoms with Crippen LogP contribution in [0.4, 0.5) is 0 Å². The van der Waals surface area contributed by atoms with Crippen LogP contribution in [0.2, 0.25) is 5.02 Å². The Morgan fingerprint density at radius 1 is 1.37 bits per heavy atom. The van der Waals surface area contributed by atoms with Crippen LogP contribution in [0, 0.1) is 0 Å². The Kier molecular flexibility index (Phi) is 3.33. The van der Waals surface area contributed by atoms with E-state index in [1.807, 2.05) is 6.20 Å². The topological polar surface area (TPSA) is 38.1 Å². The molecule has 4 nitrogen and oxygen atoms in total. The highest BCUT2D eigenvalue weighted by molar-refractivity contribution is 9.10. The summed E-state index contributed by atoms with van der Waals surface area (Å²) in [6.45, 7) is 1.99. The number of aromatic nitrogens is 2. The molecule has 6 heteroatoms. The molecule has 2 aromatic rings. The van der Waals surface area contributed by atoms with Crippen molar-refractivity contribution in [3.63, 3.8) is 0 Å². The van der Waals surface area contributed by atoms with Gasteiger partial charge in [-0.2, -0.15) is 0 Å². The molecule has 0 bridgehead atoms. The normalized spacial score (nSPS) is 14.3.